The number of ether oxygens (including phenoxy) is 1. The van der Waals surface area contributed by atoms with E-state index in [0.29, 0.717) is 25.6 Å². The van der Waals surface area contributed by atoms with Crippen LogP contribution < -0.4 is 10.6 Å². The first-order valence-corrected chi connectivity index (χ1v) is 9.56. The molecule has 0 saturated heterocycles. The lowest BCUT2D eigenvalue weighted by atomic mass is 10.1. The monoisotopic (exact) mass is 408 g/mol. The summed E-state index contributed by atoms with van der Waals surface area (Å²) in [6.07, 6.45) is 6.29. The molecule has 1 aromatic carbocycles. The van der Waals surface area contributed by atoms with Gasteiger partial charge in [-0.3, -0.25) is 10.00 Å². The summed E-state index contributed by atoms with van der Waals surface area (Å²) in [5.74, 6) is 0.476. The van der Waals surface area contributed by atoms with Gasteiger partial charge in [-0.05, 0) is 17.2 Å². The third-order valence-corrected chi connectivity index (χ3v) is 4.58. The van der Waals surface area contributed by atoms with Crippen LogP contribution in [0.5, 0.6) is 0 Å². The zero-order valence-electron chi connectivity index (χ0n) is 16.9. The number of rotatable bonds is 9. The number of nitrogens with one attached hydrogen (secondary N) is 2. The predicted octanol–water partition coefficient (Wildman–Crippen LogP) is 1.58. The Morgan fingerprint density at radius 2 is 2.10 bits per heavy atom. The van der Waals surface area contributed by atoms with E-state index < -0.39 is 6.23 Å². The zero-order chi connectivity index (χ0) is 20.9. The van der Waals surface area contributed by atoms with Crippen LogP contribution in [-0.4, -0.2) is 54.9 Å². The van der Waals surface area contributed by atoms with Crippen LogP contribution in [0.1, 0.15) is 17.4 Å². The summed E-state index contributed by atoms with van der Waals surface area (Å²) in [7, 11) is 3.48. The fourth-order valence-electron chi connectivity index (χ4n) is 3.11. The van der Waals surface area contributed by atoms with E-state index in [-0.39, 0.29) is 0 Å². The molecule has 3 N–H and O–H groups in total. The van der Waals surface area contributed by atoms with Gasteiger partial charge in [-0.15, -0.1) is 0 Å². The van der Waals surface area contributed by atoms with Crippen LogP contribution in [0.4, 0.5) is 11.6 Å². The Morgan fingerprint density at radius 1 is 1.20 bits per heavy atom. The van der Waals surface area contributed by atoms with Gasteiger partial charge in [0.15, 0.2) is 5.65 Å². The summed E-state index contributed by atoms with van der Waals surface area (Å²) in [5.41, 5.74) is 3.32. The molecule has 10 heteroatoms. The van der Waals surface area contributed by atoms with Crippen molar-refractivity contribution in [2.45, 2.75) is 12.8 Å². The SMILES string of the molecule is COCCNC(O)c1cccc(Cn2ncc3cnc(Nc4cnn(C)c4)nc32)c1. The summed E-state index contributed by atoms with van der Waals surface area (Å²) >= 11 is 0. The summed E-state index contributed by atoms with van der Waals surface area (Å²) in [6, 6.07) is 7.75. The number of benzene rings is 1. The smallest absolute Gasteiger partial charge is 0.229 e. The lowest BCUT2D eigenvalue weighted by Crippen LogP contribution is -2.24. The van der Waals surface area contributed by atoms with Crippen molar-refractivity contribution in [1.82, 2.24) is 34.8 Å². The van der Waals surface area contributed by atoms with E-state index in [9.17, 15) is 5.11 Å². The summed E-state index contributed by atoms with van der Waals surface area (Å²) in [5, 5.41) is 25.9. The van der Waals surface area contributed by atoms with Crippen molar-refractivity contribution in [3.63, 3.8) is 0 Å². The Balaban J connectivity index is 1.52. The standard InChI is InChI=1S/C20H24N8O2/c1-27-13-17(11-23-27)25-20-22-9-16-10-24-28(18(16)26-20)12-14-4-3-5-15(8-14)19(29)21-6-7-30-2/h3-5,8-11,13,19,21,29H,6-7,12H2,1-2H3,(H,22,25,26). The van der Waals surface area contributed by atoms with E-state index >= 15 is 0 Å². The van der Waals surface area contributed by atoms with Gasteiger partial charge in [-0.25, -0.2) is 9.67 Å². The van der Waals surface area contributed by atoms with Crippen LogP contribution in [0.15, 0.2) is 49.1 Å². The van der Waals surface area contributed by atoms with Gasteiger partial charge in [-0.1, -0.05) is 18.2 Å². The highest BCUT2D eigenvalue weighted by Gasteiger charge is 2.11. The second kappa shape index (κ2) is 8.99. The van der Waals surface area contributed by atoms with Crippen LogP contribution >= 0.6 is 0 Å². The lowest BCUT2D eigenvalue weighted by molar-refractivity contribution is 0.119. The van der Waals surface area contributed by atoms with Crippen LogP contribution in [0, 0.1) is 0 Å². The summed E-state index contributed by atoms with van der Waals surface area (Å²) in [6.45, 7) is 1.62. The number of aromatic nitrogens is 6. The van der Waals surface area contributed by atoms with Gasteiger partial charge in [0, 0.05) is 33.1 Å². The van der Waals surface area contributed by atoms with Crippen molar-refractivity contribution >= 4 is 22.7 Å². The first kappa shape index (κ1) is 20.0. The van der Waals surface area contributed by atoms with Gasteiger partial charge in [0.2, 0.25) is 5.95 Å². The molecule has 0 bridgehead atoms. The molecule has 0 aliphatic rings. The third-order valence-electron chi connectivity index (χ3n) is 4.58. The van der Waals surface area contributed by atoms with E-state index in [1.807, 2.05) is 42.2 Å². The van der Waals surface area contributed by atoms with Crippen molar-refractivity contribution in [1.29, 1.82) is 0 Å². The number of methoxy groups -OCH3 is 1. The van der Waals surface area contributed by atoms with Crippen LogP contribution in [0.2, 0.25) is 0 Å². The van der Waals surface area contributed by atoms with Crippen LogP contribution in [-0.2, 0) is 18.3 Å². The molecule has 4 aromatic rings. The molecule has 0 radical (unpaired) electrons. The first-order chi connectivity index (χ1) is 14.6. The molecule has 0 aliphatic heterocycles. The molecule has 0 amide bonds. The fraction of sp³-hybridized carbons (Fsp3) is 0.300. The molecule has 1 atom stereocenters. The Kier molecular flexibility index (Phi) is 5.98. The van der Waals surface area contributed by atoms with Crippen molar-refractivity contribution in [2.24, 2.45) is 7.05 Å². The number of anilines is 2. The average molecular weight is 408 g/mol. The molecule has 30 heavy (non-hydrogen) atoms. The van der Waals surface area contributed by atoms with Gasteiger partial charge >= 0.3 is 0 Å². The molecule has 4 rings (SSSR count). The Bertz CT molecular complexity index is 1120. The average Bonchev–Trinajstić information content (AvgIpc) is 3.34. The van der Waals surface area contributed by atoms with Gasteiger partial charge < -0.3 is 15.2 Å². The quantitative estimate of drug-likeness (QED) is 0.282. The topological polar surface area (TPSA) is 115 Å². The number of aryl methyl sites for hydroxylation is 1. The van der Waals surface area contributed by atoms with Gasteiger partial charge in [0.25, 0.3) is 0 Å². The largest absolute Gasteiger partial charge is 0.383 e. The van der Waals surface area contributed by atoms with Crippen molar-refractivity contribution < 1.29 is 9.84 Å². The Hall–Kier alpha value is -3.34. The zero-order valence-corrected chi connectivity index (χ0v) is 16.9. The predicted molar refractivity (Wildman–Crippen MR) is 112 cm³/mol. The third kappa shape index (κ3) is 4.62. The summed E-state index contributed by atoms with van der Waals surface area (Å²) < 4.78 is 8.52. The Labute approximate surface area is 173 Å². The van der Waals surface area contributed by atoms with E-state index in [2.05, 4.69) is 30.8 Å². The molecular formula is C20H24N8O2. The molecule has 3 aromatic heterocycles. The lowest BCUT2D eigenvalue weighted by Gasteiger charge is -2.14. The minimum Gasteiger partial charge on any atom is -0.383 e. The second-order valence-electron chi connectivity index (χ2n) is 6.90. The number of nitrogens with zero attached hydrogens (tertiary/aromatic N) is 6. The molecular weight excluding hydrogens is 384 g/mol. The minimum absolute atomic E-state index is 0.476. The number of hydrogen-bond donors (Lipinski definition) is 3. The van der Waals surface area contributed by atoms with Crippen molar-refractivity contribution in [2.75, 3.05) is 25.6 Å². The molecule has 156 valence electrons. The number of fused-ring (bicyclic) bond motifs is 1. The van der Waals surface area contributed by atoms with E-state index in [1.165, 1.54) is 0 Å². The van der Waals surface area contributed by atoms with Crippen molar-refractivity contribution in [3.05, 3.63) is 60.2 Å². The number of aliphatic hydroxyl groups is 1. The number of hydrogen-bond acceptors (Lipinski definition) is 8. The fourth-order valence-corrected chi connectivity index (χ4v) is 3.11. The van der Waals surface area contributed by atoms with E-state index in [4.69, 9.17) is 4.74 Å². The van der Waals surface area contributed by atoms with E-state index in [1.54, 1.807) is 30.4 Å². The molecule has 0 saturated carbocycles. The summed E-state index contributed by atoms with van der Waals surface area (Å²) in [4.78, 5) is 8.95. The molecule has 1 unspecified atom stereocenters. The maximum atomic E-state index is 10.3. The highest BCUT2D eigenvalue weighted by molar-refractivity contribution is 5.75. The molecule has 0 spiro atoms. The normalized spacial score (nSPS) is 12.4. The highest BCUT2D eigenvalue weighted by atomic mass is 16.5. The van der Waals surface area contributed by atoms with Gasteiger partial charge in [0.1, 0.15) is 6.23 Å². The first-order valence-electron chi connectivity index (χ1n) is 9.56. The van der Waals surface area contributed by atoms with Crippen LogP contribution in [0.25, 0.3) is 11.0 Å². The van der Waals surface area contributed by atoms with Gasteiger partial charge in [0.05, 0.1) is 36.6 Å². The maximum absolute atomic E-state index is 10.3. The number of aliphatic hydroxyl groups excluding tert-OH is 1. The van der Waals surface area contributed by atoms with Crippen LogP contribution in [0.3, 0.4) is 0 Å². The van der Waals surface area contributed by atoms with E-state index in [0.717, 1.165) is 27.8 Å². The maximum Gasteiger partial charge on any atom is 0.229 e. The molecule has 0 aliphatic carbocycles. The minimum atomic E-state index is -0.757. The second-order valence-corrected chi connectivity index (χ2v) is 6.90. The highest BCUT2D eigenvalue weighted by Crippen LogP contribution is 2.18. The molecule has 3 heterocycles. The molecule has 10 nitrogen and oxygen atoms in total. The van der Waals surface area contributed by atoms with Gasteiger partial charge in [-0.2, -0.15) is 15.2 Å². The molecule has 0 fully saturated rings. The Morgan fingerprint density at radius 3 is 2.90 bits per heavy atom. The van der Waals surface area contributed by atoms with Crippen molar-refractivity contribution in [3.8, 4) is 0 Å².